The van der Waals surface area contributed by atoms with Gasteiger partial charge in [-0.2, -0.15) is 0 Å². The Morgan fingerprint density at radius 2 is 1.95 bits per heavy atom. The summed E-state index contributed by atoms with van der Waals surface area (Å²) in [5, 5.41) is 3.61. The maximum absolute atomic E-state index is 3.61. The van der Waals surface area contributed by atoms with E-state index < -0.39 is 0 Å². The molecule has 1 saturated heterocycles. The van der Waals surface area contributed by atoms with Gasteiger partial charge in [-0.25, -0.2) is 0 Å². The molecule has 1 aromatic carbocycles. The molecule has 0 bridgehead atoms. The Hall–Kier alpha value is -1.02. The summed E-state index contributed by atoms with van der Waals surface area (Å²) in [7, 11) is 0. The van der Waals surface area contributed by atoms with Gasteiger partial charge >= 0.3 is 0 Å². The fraction of sp³-hybridized carbons (Fsp3) is 0.647. The first-order valence-corrected chi connectivity index (χ1v) is 7.76. The van der Waals surface area contributed by atoms with Crippen molar-refractivity contribution < 1.29 is 0 Å². The van der Waals surface area contributed by atoms with Crippen molar-refractivity contribution in [1.82, 2.24) is 5.32 Å². The molecule has 1 fully saturated rings. The van der Waals surface area contributed by atoms with Crippen molar-refractivity contribution >= 4 is 5.69 Å². The Kier molecular flexibility index (Phi) is 5.26. The number of nitrogens with zero attached hydrogens (tertiary/aromatic N) is 1. The molecule has 1 aromatic rings. The van der Waals surface area contributed by atoms with Gasteiger partial charge < -0.3 is 10.2 Å². The van der Waals surface area contributed by atoms with Crippen LogP contribution in [0.15, 0.2) is 24.3 Å². The van der Waals surface area contributed by atoms with Gasteiger partial charge in [0.25, 0.3) is 0 Å². The van der Waals surface area contributed by atoms with Crippen LogP contribution in [0.25, 0.3) is 0 Å². The van der Waals surface area contributed by atoms with Crippen LogP contribution in [0.5, 0.6) is 0 Å². The lowest BCUT2D eigenvalue weighted by Crippen LogP contribution is -2.42. The fourth-order valence-corrected chi connectivity index (χ4v) is 2.78. The van der Waals surface area contributed by atoms with Crippen molar-refractivity contribution in [3.05, 3.63) is 29.8 Å². The monoisotopic (exact) mass is 260 g/mol. The second-order valence-electron chi connectivity index (χ2n) is 6.07. The lowest BCUT2D eigenvalue weighted by molar-refractivity contribution is 0.411. The van der Waals surface area contributed by atoms with Crippen LogP contribution in [-0.4, -0.2) is 25.7 Å². The van der Waals surface area contributed by atoms with Gasteiger partial charge in [-0.05, 0) is 49.9 Å². The summed E-state index contributed by atoms with van der Waals surface area (Å²) in [6, 6.07) is 9.83. The lowest BCUT2D eigenvalue weighted by Gasteiger charge is -2.33. The molecule has 2 heteroatoms. The maximum atomic E-state index is 3.61. The molecule has 0 aliphatic carbocycles. The molecular weight excluding hydrogens is 232 g/mol. The molecule has 0 radical (unpaired) electrons. The van der Waals surface area contributed by atoms with E-state index in [0.717, 1.165) is 19.6 Å². The molecular formula is C17H28N2. The zero-order chi connectivity index (χ0) is 13.7. The molecule has 0 spiro atoms. The number of anilines is 1. The van der Waals surface area contributed by atoms with Crippen molar-refractivity contribution in [1.29, 1.82) is 0 Å². The molecule has 106 valence electrons. The second-order valence-corrected chi connectivity index (χ2v) is 6.07. The van der Waals surface area contributed by atoms with Crippen LogP contribution in [0, 0.1) is 5.92 Å². The predicted molar refractivity (Wildman–Crippen MR) is 83.9 cm³/mol. The first-order valence-electron chi connectivity index (χ1n) is 7.76. The highest BCUT2D eigenvalue weighted by Crippen LogP contribution is 2.19. The van der Waals surface area contributed by atoms with Crippen LogP contribution >= 0.6 is 0 Å². The van der Waals surface area contributed by atoms with Crippen LogP contribution in [-0.2, 0) is 6.42 Å². The molecule has 19 heavy (non-hydrogen) atoms. The van der Waals surface area contributed by atoms with Gasteiger partial charge in [0, 0.05) is 24.8 Å². The summed E-state index contributed by atoms with van der Waals surface area (Å²) in [5.41, 5.74) is 2.85. The van der Waals surface area contributed by atoms with Crippen molar-refractivity contribution in [2.45, 2.75) is 46.1 Å². The minimum absolute atomic E-state index is 0.629. The van der Waals surface area contributed by atoms with Crippen LogP contribution in [0.1, 0.15) is 39.2 Å². The highest BCUT2D eigenvalue weighted by atomic mass is 15.1. The average molecular weight is 260 g/mol. The Balaban J connectivity index is 2.05. The van der Waals surface area contributed by atoms with Crippen LogP contribution in [0.4, 0.5) is 5.69 Å². The highest BCUT2D eigenvalue weighted by molar-refractivity contribution is 5.47. The number of benzene rings is 1. The van der Waals surface area contributed by atoms with Crippen LogP contribution in [0.2, 0.25) is 0 Å². The minimum atomic E-state index is 0.629. The van der Waals surface area contributed by atoms with Crippen LogP contribution < -0.4 is 10.2 Å². The Bertz CT molecular complexity index is 371. The van der Waals surface area contributed by atoms with Gasteiger partial charge in [0.05, 0.1) is 0 Å². The van der Waals surface area contributed by atoms with E-state index >= 15 is 0 Å². The Morgan fingerprint density at radius 1 is 1.21 bits per heavy atom. The van der Waals surface area contributed by atoms with Gasteiger partial charge in [0.15, 0.2) is 0 Å². The summed E-state index contributed by atoms with van der Waals surface area (Å²) in [4.78, 5) is 2.55. The topological polar surface area (TPSA) is 15.3 Å². The van der Waals surface area contributed by atoms with Crippen molar-refractivity contribution in [3.8, 4) is 0 Å². The molecule has 1 heterocycles. The van der Waals surface area contributed by atoms with E-state index in [-0.39, 0.29) is 0 Å². The largest absolute Gasteiger partial charge is 0.371 e. The summed E-state index contributed by atoms with van der Waals surface area (Å²) >= 11 is 0. The summed E-state index contributed by atoms with van der Waals surface area (Å²) in [6.45, 7) is 10.3. The molecule has 2 rings (SSSR count). The number of aryl methyl sites for hydroxylation is 1. The molecule has 2 atom stereocenters. The molecule has 1 N–H and O–H groups in total. The van der Waals surface area contributed by atoms with Gasteiger partial charge in [0.1, 0.15) is 0 Å². The molecule has 2 unspecified atom stereocenters. The zero-order valence-corrected chi connectivity index (χ0v) is 12.7. The number of rotatable bonds is 3. The van der Waals surface area contributed by atoms with E-state index in [1.165, 1.54) is 30.5 Å². The first-order chi connectivity index (χ1) is 9.19. The van der Waals surface area contributed by atoms with Crippen LogP contribution in [0.3, 0.4) is 0 Å². The highest BCUT2D eigenvalue weighted by Gasteiger charge is 2.16. The zero-order valence-electron chi connectivity index (χ0n) is 12.7. The van der Waals surface area contributed by atoms with Gasteiger partial charge in [-0.1, -0.05) is 32.4 Å². The third-order valence-electron chi connectivity index (χ3n) is 4.02. The predicted octanol–water partition coefficient (Wildman–Crippen LogP) is 3.46. The number of nitrogens with one attached hydrogen (secondary N) is 1. The third-order valence-corrected chi connectivity index (χ3v) is 4.02. The van der Waals surface area contributed by atoms with E-state index in [4.69, 9.17) is 0 Å². The van der Waals surface area contributed by atoms with E-state index in [2.05, 4.69) is 55.3 Å². The van der Waals surface area contributed by atoms with Crippen molar-refractivity contribution in [3.63, 3.8) is 0 Å². The van der Waals surface area contributed by atoms with E-state index in [1.807, 2.05) is 0 Å². The molecule has 0 amide bonds. The lowest BCUT2D eigenvalue weighted by atomic mass is 10.1. The smallest absolute Gasteiger partial charge is 0.0366 e. The summed E-state index contributed by atoms with van der Waals surface area (Å²) in [6.07, 6.45) is 3.64. The first kappa shape index (κ1) is 14.4. The fourth-order valence-electron chi connectivity index (χ4n) is 2.78. The standard InChI is InChI=1S/C17H28N2/c1-4-5-16-6-8-17(9-7-16)19-11-10-15(3)18-12-14(2)13-19/h6-9,14-15,18H,4-5,10-13H2,1-3H3. The molecule has 0 aromatic heterocycles. The normalized spacial score (nSPS) is 24.9. The van der Waals surface area contributed by atoms with Gasteiger partial charge in [-0.3, -0.25) is 0 Å². The summed E-state index contributed by atoms with van der Waals surface area (Å²) in [5.74, 6) is 0.707. The number of hydrogen-bond acceptors (Lipinski definition) is 2. The minimum Gasteiger partial charge on any atom is -0.371 e. The number of hydrogen-bond donors (Lipinski definition) is 1. The SMILES string of the molecule is CCCc1ccc(N2CCC(C)NCC(C)C2)cc1. The van der Waals surface area contributed by atoms with Gasteiger partial charge in [0.2, 0.25) is 0 Å². The Morgan fingerprint density at radius 3 is 2.63 bits per heavy atom. The average Bonchev–Trinajstić information content (AvgIpc) is 2.41. The molecule has 1 aliphatic heterocycles. The molecule has 1 aliphatic rings. The summed E-state index contributed by atoms with van der Waals surface area (Å²) < 4.78 is 0. The van der Waals surface area contributed by atoms with Gasteiger partial charge in [-0.15, -0.1) is 0 Å². The van der Waals surface area contributed by atoms with E-state index in [9.17, 15) is 0 Å². The second kappa shape index (κ2) is 6.95. The van der Waals surface area contributed by atoms with Crippen molar-refractivity contribution in [2.75, 3.05) is 24.5 Å². The van der Waals surface area contributed by atoms with E-state index in [1.54, 1.807) is 0 Å². The van der Waals surface area contributed by atoms with Crippen molar-refractivity contribution in [2.24, 2.45) is 5.92 Å². The Labute approximate surface area is 118 Å². The third kappa shape index (κ3) is 4.24. The maximum Gasteiger partial charge on any atom is 0.0366 e. The molecule has 2 nitrogen and oxygen atoms in total. The molecule has 0 saturated carbocycles. The van der Waals surface area contributed by atoms with E-state index in [0.29, 0.717) is 12.0 Å². The quantitative estimate of drug-likeness (QED) is 0.895.